The van der Waals surface area contributed by atoms with Gasteiger partial charge in [0, 0.05) is 26.2 Å². The number of anilines is 1. The molecular weight excluding hydrogens is 198 g/mol. The van der Waals surface area contributed by atoms with Crippen LogP contribution in [0.15, 0.2) is 12.3 Å². The van der Waals surface area contributed by atoms with Crippen LogP contribution in [0, 0.1) is 6.92 Å². The van der Waals surface area contributed by atoms with E-state index in [-0.39, 0.29) is 0 Å². The lowest BCUT2D eigenvalue weighted by Gasteiger charge is -2.29. The molecule has 1 aromatic heterocycles. The van der Waals surface area contributed by atoms with Crippen molar-refractivity contribution in [2.75, 3.05) is 31.1 Å². The summed E-state index contributed by atoms with van der Waals surface area (Å²) in [5.41, 5.74) is 2.02. The molecule has 1 aliphatic heterocycles. The number of nitrogens with one attached hydrogen (secondary N) is 1. The molecular formula is C10H14ClN3. The fourth-order valence-electron chi connectivity index (χ4n) is 1.59. The summed E-state index contributed by atoms with van der Waals surface area (Å²) in [6.07, 6.45) is 1.90. The lowest BCUT2D eigenvalue weighted by molar-refractivity contribution is 0.588. The van der Waals surface area contributed by atoms with Crippen molar-refractivity contribution in [3.63, 3.8) is 0 Å². The van der Waals surface area contributed by atoms with E-state index in [4.69, 9.17) is 11.6 Å². The fourth-order valence-corrected chi connectivity index (χ4v) is 1.75. The average Bonchev–Trinajstić information content (AvgIpc) is 2.23. The zero-order chi connectivity index (χ0) is 9.97. The minimum absolute atomic E-state index is 0.751. The van der Waals surface area contributed by atoms with E-state index >= 15 is 0 Å². The molecule has 76 valence electrons. The number of nitrogens with zero attached hydrogens (tertiary/aromatic N) is 2. The first-order valence-corrected chi connectivity index (χ1v) is 5.23. The van der Waals surface area contributed by atoms with Gasteiger partial charge < -0.3 is 10.2 Å². The summed E-state index contributed by atoms with van der Waals surface area (Å²) in [5, 5.41) is 4.07. The number of rotatable bonds is 1. The molecule has 0 atom stereocenters. The Bertz CT molecular complexity index is 321. The molecule has 1 fully saturated rings. The maximum Gasteiger partial charge on any atom is 0.0639 e. The van der Waals surface area contributed by atoms with Crippen LogP contribution in [0.2, 0.25) is 5.02 Å². The van der Waals surface area contributed by atoms with Crippen molar-refractivity contribution in [1.82, 2.24) is 10.3 Å². The van der Waals surface area contributed by atoms with E-state index in [2.05, 4.69) is 15.2 Å². The lowest BCUT2D eigenvalue weighted by atomic mass is 10.3. The fraction of sp³-hybridized carbons (Fsp3) is 0.500. The van der Waals surface area contributed by atoms with Crippen LogP contribution < -0.4 is 10.2 Å². The Morgan fingerprint density at radius 1 is 1.43 bits per heavy atom. The molecule has 0 amide bonds. The van der Waals surface area contributed by atoms with Gasteiger partial charge in [0.25, 0.3) is 0 Å². The number of aryl methyl sites for hydroxylation is 1. The largest absolute Gasteiger partial charge is 0.368 e. The van der Waals surface area contributed by atoms with Crippen molar-refractivity contribution >= 4 is 17.3 Å². The van der Waals surface area contributed by atoms with Crippen LogP contribution in [-0.4, -0.2) is 31.2 Å². The van der Waals surface area contributed by atoms with Crippen molar-refractivity contribution in [3.8, 4) is 0 Å². The van der Waals surface area contributed by atoms with Gasteiger partial charge in [-0.05, 0) is 13.0 Å². The van der Waals surface area contributed by atoms with Crippen LogP contribution >= 0.6 is 11.6 Å². The van der Waals surface area contributed by atoms with Gasteiger partial charge in [-0.25, -0.2) is 0 Å². The van der Waals surface area contributed by atoms with Crippen molar-refractivity contribution < 1.29 is 0 Å². The van der Waals surface area contributed by atoms with E-state index in [1.807, 2.05) is 19.2 Å². The SMILES string of the molecule is Cc1ncc(N2CCNCC2)cc1Cl. The summed E-state index contributed by atoms with van der Waals surface area (Å²) >= 11 is 6.03. The predicted octanol–water partition coefficient (Wildman–Crippen LogP) is 1.45. The van der Waals surface area contributed by atoms with Crippen LogP contribution in [0.25, 0.3) is 0 Å². The highest BCUT2D eigenvalue weighted by Gasteiger charge is 2.11. The van der Waals surface area contributed by atoms with E-state index in [1.54, 1.807) is 0 Å². The van der Waals surface area contributed by atoms with E-state index in [0.717, 1.165) is 42.6 Å². The minimum Gasteiger partial charge on any atom is -0.368 e. The highest BCUT2D eigenvalue weighted by molar-refractivity contribution is 6.31. The number of hydrogen-bond acceptors (Lipinski definition) is 3. The third-order valence-electron chi connectivity index (χ3n) is 2.49. The Labute approximate surface area is 89.1 Å². The second kappa shape index (κ2) is 4.15. The molecule has 1 saturated heterocycles. The minimum atomic E-state index is 0.751. The molecule has 0 unspecified atom stereocenters. The van der Waals surface area contributed by atoms with Gasteiger partial charge in [0.05, 0.1) is 22.6 Å². The first-order chi connectivity index (χ1) is 6.77. The predicted molar refractivity (Wildman–Crippen MR) is 59.1 cm³/mol. The highest BCUT2D eigenvalue weighted by atomic mass is 35.5. The van der Waals surface area contributed by atoms with Gasteiger partial charge in [-0.3, -0.25) is 4.98 Å². The van der Waals surface area contributed by atoms with E-state index in [9.17, 15) is 0 Å². The van der Waals surface area contributed by atoms with Crippen LogP contribution in [0.5, 0.6) is 0 Å². The first-order valence-electron chi connectivity index (χ1n) is 4.85. The van der Waals surface area contributed by atoms with Crippen LogP contribution in [0.4, 0.5) is 5.69 Å². The van der Waals surface area contributed by atoms with Gasteiger partial charge in [0.1, 0.15) is 0 Å². The molecule has 0 aromatic carbocycles. The van der Waals surface area contributed by atoms with E-state index in [1.165, 1.54) is 0 Å². The molecule has 1 N–H and O–H groups in total. The Kier molecular flexibility index (Phi) is 2.89. The maximum atomic E-state index is 6.03. The second-order valence-corrected chi connectivity index (χ2v) is 3.90. The Morgan fingerprint density at radius 2 is 2.14 bits per heavy atom. The van der Waals surface area contributed by atoms with Crippen LogP contribution in [0.3, 0.4) is 0 Å². The molecule has 0 aliphatic carbocycles. The van der Waals surface area contributed by atoms with Gasteiger partial charge in [0.2, 0.25) is 0 Å². The average molecular weight is 212 g/mol. The summed E-state index contributed by atoms with van der Waals surface area (Å²) in [6, 6.07) is 2.00. The first kappa shape index (κ1) is 9.74. The standard InChI is InChI=1S/C10H14ClN3/c1-8-10(11)6-9(7-13-8)14-4-2-12-3-5-14/h6-7,12H,2-5H2,1H3. The van der Waals surface area contributed by atoms with Crippen molar-refractivity contribution in [2.45, 2.75) is 6.92 Å². The zero-order valence-corrected chi connectivity index (χ0v) is 9.01. The Balaban J connectivity index is 2.18. The Hall–Kier alpha value is -0.800. The molecule has 1 aromatic rings. The molecule has 14 heavy (non-hydrogen) atoms. The van der Waals surface area contributed by atoms with Gasteiger partial charge in [-0.2, -0.15) is 0 Å². The molecule has 4 heteroatoms. The number of piperazine rings is 1. The lowest BCUT2D eigenvalue weighted by Crippen LogP contribution is -2.43. The summed E-state index contributed by atoms with van der Waals surface area (Å²) in [6.45, 7) is 6.04. The van der Waals surface area contributed by atoms with Crippen molar-refractivity contribution in [2.24, 2.45) is 0 Å². The van der Waals surface area contributed by atoms with Gasteiger partial charge in [0.15, 0.2) is 0 Å². The molecule has 0 saturated carbocycles. The summed E-state index contributed by atoms with van der Waals surface area (Å²) < 4.78 is 0. The van der Waals surface area contributed by atoms with Gasteiger partial charge in [-0.1, -0.05) is 11.6 Å². The third-order valence-corrected chi connectivity index (χ3v) is 2.88. The highest BCUT2D eigenvalue weighted by Crippen LogP contribution is 2.20. The summed E-state index contributed by atoms with van der Waals surface area (Å²) in [7, 11) is 0. The van der Waals surface area contributed by atoms with Gasteiger partial charge >= 0.3 is 0 Å². The molecule has 0 spiro atoms. The van der Waals surface area contributed by atoms with Crippen LogP contribution in [0.1, 0.15) is 5.69 Å². The molecule has 2 heterocycles. The molecule has 0 bridgehead atoms. The number of halogens is 1. The number of pyridine rings is 1. The summed E-state index contributed by atoms with van der Waals surface area (Å²) in [5.74, 6) is 0. The molecule has 3 nitrogen and oxygen atoms in total. The topological polar surface area (TPSA) is 28.2 Å². The molecule has 2 rings (SSSR count). The maximum absolute atomic E-state index is 6.03. The Morgan fingerprint density at radius 3 is 2.79 bits per heavy atom. The normalized spacial score (nSPS) is 17.1. The quantitative estimate of drug-likeness (QED) is 0.762. The third kappa shape index (κ3) is 1.99. The van der Waals surface area contributed by atoms with Gasteiger partial charge in [-0.15, -0.1) is 0 Å². The monoisotopic (exact) mass is 211 g/mol. The number of aromatic nitrogens is 1. The van der Waals surface area contributed by atoms with E-state index < -0.39 is 0 Å². The van der Waals surface area contributed by atoms with Crippen LogP contribution in [-0.2, 0) is 0 Å². The molecule has 0 radical (unpaired) electrons. The van der Waals surface area contributed by atoms with Crippen molar-refractivity contribution in [1.29, 1.82) is 0 Å². The number of hydrogen-bond donors (Lipinski definition) is 1. The second-order valence-electron chi connectivity index (χ2n) is 3.50. The van der Waals surface area contributed by atoms with E-state index in [0.29, 0.717) is 0 Å². The molecule has 1 aliphatic rings. The van der Waals surface area contributed by atoms with Crippen molar-refractivity contribution in [3.05, 3.63) is 23.0 Å². The smallest absolute Gasteiger partial charge is 0.0639 e. The summed E-state index contributed by atoms with van der Waals surface area (Å²) in [4.78, 5) is 6.56. The zero-order valence-electron chi connectivity index (χ0n) is 8.26.